The monoisotopic (exact) mass is 328 g/mol. The first-order chi connectivity index (χ1) is 9.90. The Balaban J connectivity index is 2.17. The van der Waals surface area contributed by atoms with Crippen LogP contribution in [0.4, 0.5) is 10.8 Å². The lowest BCUT2D eigenvalue weighted by Crippen LogP contribution is -2.12. The van der Waals surface area contributed by atoms with Crippen LogP contribution in [0.2, 0.25) is 0 Å². The molecule has 0 aliphatic carbocycles. The normalized spacial score (nSPS) is 11.1. The van der Waals surface area contributed by atoms with E-state index >= 15 is 0 Å². The van der Waals surface area contributed by atoms with Crippen molar-refractivity contribution in [3.05, 3.63) is 29.8 Å². The summed E-state index contributed by atoms with van der Waals surface area (Å²) in [5.74, 6) is -0.359. The quantitative estimate of drug-likeness (QED) is 0.698. The van der Waals surface area contributed by atoms with Crippen molar-refractivity contribution in [1.29, 1.82) is 0 Å². The summed E-state index contributed by atoms with van der Waals surface area (Å²) in [5, 5.41) is 18.5. The molecular weight excluding hydrogens is 316 g/mol. The van der Waals surface area contributed by atoms with Crippen molar-refractivity contribution < 1.29 is 18.3 Å². The van der Waals surface area contributed by atoms with Crippen molar-refractivity contribution in [1.82, 2.24) is 10.2 Å². The van der Waals surface area contributed by atoms with Gasteiger partial charge in [0.1, 0.15) is 0 Å². The van der Waals surface area contributed by atoms with E-state index in [1.165, 1.54) is 19.1 Å². The summed E-state index contributed by atoms with van der Waals surface area (Å²) >= 11 is 0.750. The largest absolute Gasteiger partial charge is 0.392 e. The summed E-state index contributed by atoms with van der Waals surface area (Å²) in [4.78, 5) is 10.9. The van der Waals surface area contributed by atoms with Gasteiger partial charge in [-0.3, -0.25) is 9.52 Å². The second-order valence-corrected chi connectivity index (χ2v) is 6.85. The highest BCUT2D eigenvalue weighted by Crippen LogP contribution is 2.22. The van der Waals surface area contributed by atoms with Gasteiger partial charge in [-0.1, -0.05) is 23.5 Å². The van der Waals surface area contributed by atoms with Crippen LogP contribution in [-0.4, -0.2) is 29.6 Å². The molecule has 3 N–H and O–H groups in total. The van der Waals surface area contributed by atoms with E-state index in [4.69, 9.17) is 5.11 Å². The maximum absolute atomic E-state index is 12.1. The van der Waals surface area contributed by atoms with Gasteiger partial charge in [0.25, 0.3) is 14.4 Å². The molecule has 0 aliphatic rings. The SMILES string of the molecule is CC(=O)Nc1nnc(S(=O)(=O)Nc2ccc(CO)cc2)s1. The molecule has 2 aromatic rings. The highest BCUT2D eigenvalue weighted by Gasteiger charge is 2.20. The summed E-state index contributed by atoms with van der Waals surface area (Å²) in [6.45, 7) is 1.17. The summed E-state index contributed by atoms with van der Waals surface area (Å²) in [6.07, 6.45) is 0. The maximum Gasteiger partial charge on any atom is 0.291 e. The van der Waals surface area contributed by atoms with Crippen LogP contribution in [0.15, 0.2) is 28.6 Å². The van der Waals surface area contributed by atoms with E-state index in [0.29, 0.717) is 11.3 Å². The van der Waals surface area contributed by atoms with Gasteiger partial charge < -0.3 is 10.4 Å². The zero-order valence-electron chi connectivity index (χ0n) is 10.9. The van der Waals surface area contributed by atoms with Crippen LogP contribution in [0.1, 0.15) is 12.5 Å². The molecular formula is C11H12N4O4S2. The summed E-state index contributed by atoms with van der Waals surface area (Å²) in [7, 11) is -3.87. The molecule has 0 aliphatic heterocycles. The van der Waals surface area contributed by atoms with Gasteiger partial charge in [-0.15, -0.1) is 10.2 Å². The minimum absolute atomic E-state index is 0.110. The van der Waals surface area contributed by atoms with E-state index < -0.39 is 10.0 Å². The van der Waals surface area contributed by atoms with Gasteiger partial charge in [-0.05, 0) is 17.7 Å². The third kappa shape index (κ3) is 3.97. The lowest BCUT2D eigenvalue weighted by Gasteiger charge is -2.05. The standard InChI is InChI=1S/C11H12N4O4S2/c1-7(17)12-10-13-14-11(20-10)21(18,19)15-9-4-2-8(6-16)3-5-9/h2-5,15-16H,6H2,1H3,(H,12,13,17). The number of sulfonamides is 1. The number of carbonyl (C=O) groups is 1. The van der Waals surface area contributed by atoms with Crippen molar-refractivity contribution in [3.63, 3.8) is 0 Å². The van der Waals surface area contributed by atoms with E-state index in [0.717, 1.165) is 11.3 Å². The third-order valence-electron chi connectivity index (χ3n) is 2.31. The minimum Gasteiger partial charge on any atom is -0.392 e. The van der Waals surface area contributed by atoms with Crippen molar-refractivity contribution in [3.8, 4) is 0 Å². The molecule has 0 unspecified atom stereocenters. The van der Waals surface area contributed by atoms with Crippen LogP contribution >= 0.6 is 11.3 Å². The van der Waals surface area contributed by atoms with Gasteiger partial charge in [-0.2, -0.15) is 8.42 Å². The summed E-state index contributed by atoms with van der Waals surface area (Å²) in [6, 6.07) is 6.25. The number of benzene rings is 1. The zero-order valence-corrected chi connectivity index (χ0v) is 12.5. The number of hydrogen-bond donors (Lipinski definition) is 3. The Kier molecular flexibility index (Phi) is 4.50. The number of aromatic nitrogens is 2. The number of nitrogens with one attached hydrogen (secondary N) is 2. The molecule has 1 aromatic carbocycles. The van der Waals surface area contributed by atoms with E-state index in [1.807, 2.05) is 0 Å². The molecule has 0 radical (unpaired) electrons. The van der Waals surface area contributed by atoms with Gasteiger partial charge in [0.2, 0.25) is 11.0 Å². The Labute approximate surface area is 124 Å². The molecule has 0 saturated carbocycles. The molecule has 1 heterocycles. The fourth-order valence-corrected chi connectivity index (χ4v) is 3.40. The van der Waals surface area contributed by atoms with E-state index in [2.05, 4.69) is 20.2 Å². The molecule has 2 rings (SSSR count). The Bertz CT molecular complexity index is 740. The third-order valence-corrected chi connectivity index (χ3v) is 4.90. The molecule has 21 heavy (non-hydrogen) atoms. The average Bonchev–Trinajstić information content (AvgIpc) is 2.88. The maximum atomic E-state index is 12.1. The molecule has 0 saturated heterocycles. The first-order valence-corrected chi connectivity index (χ1v) is 8.04. The molecule has 0 fully saturated rings. The zero-order chi connectivity index (χ0) is 15.5. The Morgan fingerprint density at radius 1 is 1.29 bits per heavy atom. The molecule has 1 amide bonds. The van der Waals surface area contributed by atoms with Crippen molar-refractivity contribution >= 4 is 38.1 Å². The molecule has 0 spiro atoms. The van der Waals surface area contributed by atoms with Crippen LogP contribution in [0.5, 0.6) is 0 Å². The minimum atomic E-state index is -3.87. The Hall–Kier alpha value is -2.04. The molecule has 8 nitrogen and oxygen atoms in total. The first-order valence-electron chi connectivity index (χ1n) is 5.74. The number of carbonyl (C=O) groups excluding carboxylic acids is 1. The van der Waals surface area contributed by atoms with Crippen LogP contribution in [0.3, 0.4) is 0 Å². The van der Waals surface area contributed by atoms with Gasteiger partial charge >= 0.3 is 0 Å². The number of nitrogens with zero attached hydrogens (tertiary/aromatic N) is 2. The molecule has 112 valence electrons. The lowest BCUT2D eigenvalue weighted by atomic mass is 10.2. The molecule has 10 heteroatoms. The number of hydrogen-bond acceptors (Lipinski definition) is 7. The van der Waals surface area contributed by atoms with Crippen molar-refractivity contribution in [2.24, 2.45) is 0 Å². The van der Waals surface area contributed by atoms with E-state index in [-0.39, 0.29) is 22.0 Å². The van der Waals surface area contributed by atoms with Crippen LogP contribution in [0, 0.1) is 0 Å². The van der Waals surface area contributed by atoms with Crippen LogP contribution in [-0.2, 0) is 21.4 Å². The second kappa shape index (κ2) is 6.16. The Morgan fingerprint density at radius 3 is 2.52 bits per heavy atom. The van der Waals surface area contributed by atoms with Crippen molar-refractivity contribution in [2.75, 3.05) is 10.0 Å². The fraction of sp³-hybridized carbons (Fsp3) is 0.182. The number of amides is 1. The Morgan fingerprint density at radius 2 is 1.95 bits per heavy atom. The van der Waals surface area contributed by atoms with E-state index in [1.54, 1.807) is 12.1 Å². The average molecular weight is 328 g/mol. The lowest BCUT2D eigenvalue weighted by molar-refractivity contribution is -0.114. The number of rotatable bonds is 5. The van der Waals surface area contributed by atoms with E-state index in [9.17, 15) is 13.2 Å². The summed E-state index contributed by atoms with van der Waals surface area (Å²) < 4.78 is 26.3. The van der Waals surface area contributed by atoms with Gasteiger partial charge in [0.05, 0.1) is 6.61 Å². The second-order valence-electron chi connectivity index (χ2n) is 4.01. The first kappa shape index (κ1) is 15.4. The number of aliphatic hydroxyl groups excluding tert-OH is 1. The smallest absolute Gasteiger partial charge is 0.291 e. The van der Waals surface area contributed by atoms with Gasteiger partial charge in [0, 0.05) is 12.6 Å². The summed E-state index contributed by atoms with van der Waals surface area (Å²) in [5.41, 5.74) is 1.00. The molecule has 0 bridgehead atoms. The highest BCUT2D eigenvalue weighted by atomic mass is 32.2. The van der Waals surface area contributed by atoms with Crippen LogP contribution in [0.25, 0.3) is 0 Å². The molecule has 0 atom stereocenters. The predicted octanol–water partition coefficient (Wildman–Crippen LogP) is 0.790. The van der Waals surface area contributed by atoms with Gasteiger partial charge in [-0.25, -0.2) is 0 Å². The molecule has 1 aromatic heterocycles. The topological polar surface area (TPSA) is 121 Å². The fourth-order valence-electron chi connectivity index (χ4n) is 1.40. The van der Waals surface area contributed by atoms with Crippen LogP contribution < -0.4 is 10.0 Å². The van der Waals surface area contributed by atoms with Gasteiger partial charge in [0.15, 0.2) is 0 Å². The number of anilines is 2. The highest BCUT2D eigenvalue weighted by molar-refractivity contribution is 7.94. The predicted molar refractivity (Wildman–Crippen MR) is 77.4 cm³/mol. The number of aliphatic hydroxyl groups is 1. The van der Waals surface area contributed by atoms with Crippen molar-refractivity contribution in [2.45, 2.75) is 17.9 Å².